The number of aliphatic hydroxyl groups is 1. The van der Waals surface area contributed by atoms with Crippen LogP contribution in [0.4, 0.5) is 4.39 Å². The van der Waals surface area contributed by atoms with Gasteiger partial charge < -0.3 is 19.3 Å². The van der Waals surface area contributed by atoms with Crippen LogP contribution in [0.1, 0.15) is 11.5 Å². The van der Waals surface area contributed by atoms with Crippen molar-refractivity contribution in [2.45, 2.75) is 19.4 Å². The summed E-state index contributed by atoms with van der Waals surface area (Å²) >= 11 is 5.68. The van der Waals surface area contributed by atoms with Crippen LogP contribution in [0.25, 0.3) is 0 Å². The maximum Gasteiger partial charge on any atom is 0.260 e. The van der Waals surface area contributed by atoms with Crippen molar-refractivity contribution in [1.29, 1.82) is 0 Å². The maximum atomic E-state index is 13.1. The van der Waals surface area contributed by atoms with Crippen LogP contribution in [0.5, 0.6) is 5.75 Å². The highest BCUT2D eigenvalue weighted by atomic mass is 35.5. The number of aromatic nitrogens is 1. The van der Waals surface area contributed by atoms with Gasteiger partial charge in [-0.05, 0) is 19.1 Å². The largest absolute Gasteiger partial charge is 0.484 e. The van der Waals surface area contributed by atoms with Crippen molar-refractivity contribution in [2.75, 3.05) is 19.7 Å². The molecule has 1 aliphatic heterocycles. The molecule has 2 heterocycles. The Labute approximate surface area is 149 Å². The molecule has 3 rings (SSSR count). The van der Waals surface area contributed by atoms with Gasteiger partial charge in [0.1, 0.15) is 17.3 Å². The van der Waals surface area contributed by atoms with E-state index in [0.29, 0.717) is 24.5 Å². The molecule has 0 radical (unpaired) electrons. The summed E-state index contributed by atoms with van der Waals surface area (Å²) < 4.78 is 23.6. The molecule has 1 N–H and O–H groups in total. The standard InChI is InChI=1S/C17H18ClFN2O4/c1-10-4-13(25-20-10)5-11-7-21(8-16(11)22)17(23)9-24-12-2-3-15(19)14(18)6-12/h2-4,6,11,16,22H,5,7-9H2,1H3/t11-,16+/m1/s1. The molecule has 0 unspecified atom stereocenters. The SMILES string of the molecule is Cc1cc(C[C@@H]2CN(C(=O)COc3ccc(F)c(Cl)c3)C[C@@H]2O)on1. The fourth-order valence-electron chi connectivity index (χ4n) is 2.83. The van der Waals surface area contributed by atoms with Gasteiger partial charge >= 0.3 is 0 Å². The van der Waals surface area contributed by atoms with Gasteiger partial charge in [-0.25, -0.2) is 4.39 Å². The molecule has 2 aromatic rings. The van der Waals surface area contributed by atoms with E-state index in [2.05, 4.69) is 5.16 Å². The predicted molar refractivity (Wildman–Crippen MR) is 87.9 cm³/mol. The molecule has 0 saturated carbocycles. The molecule has 1 aliphatic rings. The first kappa shape index (κ1) is 17.7. The molecule has 25 heavy (non-hydrogen) atoms. The molecular formula is C17H18ClFN2O4. The number of carbonyl (C=O) groups is 1. The first-order valence-electron chi connectivity index (χ1n) is 7.88. The van der Waals surface area contributed by atoms with E-state index in [4.69, 9.17) is 20.9 Å². The number of nitrogens with zero attached hydrogens (tertiary/aromatic N) is 2. The summed E-state index contributed by atoms with van der Waals surface area (Å²) in [7, 11) is 0. The van der Waals surface area contributed by atoms with E-state index in [0.717, 1.165) is 5.69 Å². The van der Waals surface area contributed by atoms with Crippen molar-refractivity contribution in [3.63, 3.8) is 0 Å². The topological polar surface area (TPSA) is 75.8 Å². The van der Waals surface area contributed by atoms with Crippen molar-refractivity contribution in [2.24, 2.45) is 5.92 Å². The molecule has 1 aromatic heterocycles. The Morgan fingerprint density at radius 3 is 2.96 bits per heavy atom. The molecule has 0 spiro atoms. The van der Waals surface area contributed by atoms with Gasteiger partial charge in [0.15, 0.2) is 6.61 Å². The molecule has 1 fully saturated rings. The normalized spacial score (nSPS) is 20.1. The molecule has 2 atom stereocenters. The van der Waals surface area contributed by atoms with E-state index in [1.54, 1.807) is 4.90 Å². The van der Waals surface area contributed by atoms with E-state index in [1.165, 1.54) is 18.2 Å². The van der Waals surface area contributed by atoms with Gasteiger partial charge in [0, 0.05) is 37.6 Å². The number of halogens is 2. The van der Waals surface area contributed by atoms with Crippen molar-refractivity contribution < 1.29 is 23.6 Å². The van der Waals surface area contributed by atoms with Crippen molar-refractivity contribution in [3.8, 4) is 5.75 Å². The highest BCUT2D eigenvalue weighted by Crippen LogP contribution is 2.23. The molecule has 1 aromatic carbocycles. The third-order valence-corrected chi connectivity index (χ3v) is 4.44. The summed E-state index contributed by atoms with van der Waals surface area (Å²) in [5, 5.41) is 13.9. The highest BCUT2D eigenvalue weighted by Gasteiger charge is 2.34. The number of aliphatic hydroxyl groups excluding tert-OH is 1. The van der Waals surface area contributed by atoms with E-state index in [9.17, 15) is 14.3 Å². The Morgan fingerprint density at radius 1 is 1.48 bits per heavy atom. The number of rotatable bonds is 5. The number of hydrogen-bond donors (Lipinski definition) is 1. The maximum absolute atomic E-state index is 13.1. The fraction of sp³-hybridized carbons (Fsp3) is 0.412. The third kappa shape index (κ3) is 4.29. The zero-order chi connectivity index (χ0) is 18.0. The van der Waals surface area contributed by atoms with E-state index in [-0.39, 0.29) is 30.0 Å². The van der Waals surface area contributed by atoms with Crippen LogP contribution in [0.15, 0.2) is 28.8 Å². The zero-order valence-corrected chi connectivity index (χ0v) is 14.4. The van der Waals surface area contributed by atoms with Crippen LogP contribution >= 0.6 is 11.6 Å². The number of amides is 1. The number of aryl methyl sites for hydroxylation is 1. The summed E-state index contributed by atoms with van der Waals surface area (Å²) in [5.74, 6) is 0.0852. The first-order valence-corrected chi connectivity index (χ1v) is 8.26. The monoisotopic (exact) mass is 368 g/mol. The average Bonchev–Trinajstić information content (AvgIpc) is 3.15. The van der Waals surface area contributed by atoms with Crippen LogP contribution in [0.3, 0.4) is 0 Å². The highest BCUT2D eigenvalue weighted by molar-refractivity contribution is 6.30. The molecule has 1 amide bonds. The van der Waals surface area contributed by atoms with E-state index in [1.807, 2.05) is 13.0 Å². The van der Waals surface area contributed by atoms with Crippen LogP contribution in [-0.2, 0) is 11.2 Å². The van der Waals surface area contributed by atoms with Gasteiger partial charge in [0.05, 0.1) is 16.8 Å². The smallest absolute Gasteiger partial charge is 0.260 e. The number of benzene rings is 1. The van der Waals surface area contributed by atoms with Gasteiger partial charge in [-0.3, -0.25) is 4.79 Å². The molecule has 8 heteroatoms. The first-order chi connectivity index (χ1) is 11.9. The van der Waals surface area contributed by atoms with Gasteiger partial charge in [0.25, 0.3) is 5.91 Å². The number of ether oxygens (including phenoxy) is 1. The number of carbonyl (C=O) groups excluding carboxylic acids is 1. The van der Waals surface area contributed by atoms with Crippen molar-refractivity contribution in [3.05, 3.63) is 46.6 Å². The summed E-state index contributed by atoms with van der Waals surface area (Å²) in [4.78, 5) is 13.8. The molecule has 0 aliphatic carbocycles. The quantitative estimate of drug-likeness (QED) is 0.875. The summed E-state index contributed by atoms with van der Waals surface area (Å²) in [5.41, 5.74) is 0.779. The zero-order valence-electron chi connectivity index (χ0n) is 13.6. The van der Waals surface area contributed by atoms with Crippen LogP contribution in [0.2, 0.25) is 5.02 Å². The summed E-state index contributed by atoms with van der Waals surface area (Å²) in [6.07, 6.45) is -0.116. The minimum absolute atomic E-state index is 0.0658. The Kier molecular flexibility index (Phi) is 5.24. The lowest BCUT2D eigenvalue weighted by Gasteiger charge is -2.16. The lowest BCUT2D eigenvalue weighted by molar-refractivity contribution is -0.132. The Morgan fingerprint density at radius 2 is 2.28 bits per heavy atom. The van der Waals surface area contributed by atoms with Crippen molar-refractivity contribution >= 4 is 17.5 Å². The molecule has 1 saturated heterocycles. The molecule has 134 valence electrons. The lowest BCUT2D eigenvalue weighted by Crippen LogP contribution is -2.33. The Hall–Kier alpha value is -2.12. The van der Waals surface area contributed by atoms with Crippen LogP contribution in [0, 0.1) is 18.7 Å². The predicted octanol–water partition coefficient (Wildman–Crippen LogP) is 2.22. The second kappa shape index (κ2) is 7.41. The van der Waals surface area contributed by atoms with Crippen molar-refractivity contribution in [1.82, 2.24) is 10.1 Å². The number of β-amino-alcohol motifs (C(OH)–C–C–N with tert-alkyl or cyclic N) is 1. The molecule has 6 nitrogen and oxygen atoms in total. The molecular weight excluding hydrogens is 351 g/mol. The van der Waals surface area contributed by atoms with Crippen LogP contribution < -0.4 is 4.74 Å². The second-order valence-electron chi connectivity index (χ2n) is 6.13. The van der Waals surface area contributed by atoms with Gasteiger partial charge in [-0.2, -0.15) is 0 Å². The molecule has 0 bridgehead atoms. The Bertz CT molecular complexity index is 767. The average molecular weight is 369 g/mol. The van der Waals surface area contributed by atoms with Gasteiger partial charge in [-0.15, -0.1) is 0 Å². The van der Waals surface area contributed by atoms with E-state index < -0.39 is 11.9 Å². The van der Waals surface area contributed by atoms with Gasteiger partial charge in [0.2, 0.25) is 0 Å². The van der Waals surface area contributed by atoms with Gasteiger partial charge in [-0.1, -0.05) is 16.8 Å². The summed E-state index contributed by atoms with van der Waals surface area (Å²) in [6, 6.07) is 5.72. The van der Waals surface area contributed by atoms with E-state index >= 15 is 0 Å². The number of hydrogen-bond acceptors (Lipinski definition) is 5. The summed E-state index contributed by atoms with van der Waals surface area (Å²) in [6.45, 7) is 2.27. The number of likely N-dealkylation sites (tertiary alicyclic amines) is 1. The Balaban J connectivity index is 1.53. The third-order valence-electron chi connectivity index (χ3n) is 4.15. The minimum atomic E-state index is -0.630. The minimum Gasteiger partial charge on any atom is -0.484 e. The second-order valence-corrected chi connectivity index (χ2v) is 6.54. The van der Waals surface area contributed by atoms with Crippen LogP contribution in [-0.4, -0.2) is 46.9 Å². The fourth-order valence-corrected chi connectivity index (χ4v) is 3.00. The lowest BCUT2D eigenvalue weighted by atomic mass is 10.0.